The van der Waals surface area contributed by atoms with Crippen LogP contribution >= 0.6 is 23.2 Å². The first kappa shape index (κ1) is 33.6. The molecule has 0 radical (unpaired) electrons. The maximum absolute atomic E-state index is 14.9. The van der Waals surface area contributed by atoms with Crippen molar-refractivity contribution in [2.75, 3.05) is 13.1 Å². The number of aromatic nitrogens is 4. The highest BCUT2D eigenvalue weighted by molar-refractivity contribution is 6.35. The van der Waals surface area contributed by atoms with Gasteiger partial charge in [-0.1, -0.05) is 60.0 Å². The van der Waals surface area contributed by atoms with Gasteiger partial charge in [0.25, 0.3) is 5.91 Å². The van der Waals surface area contributed by atoms with E-state index >= 15 is 0 Å². The lowest BCUT2D eigenvalue weighted by Crippen LogP contribution is -2.45. The molecular weight excluding hydrogens is 653 g/mol. The molecule has 1 aliphatic rings. The monoisotopic (exact) mass is 682 g/mol. The third-order valence-electron chi connectivity index (χ3n) is 7.31. The summed E-state index contributed by atoms with van der Waals surface area (Å²) >= 11 is 12.3. The second kappa shape index (κ2) is 15.2. The Labute approximate surface area is 278 Å². The number of aromatic amines is 1. The molecule has 0 spiro atoms. The second-order valence-electron chi connectivity index (χ2n) is 10.6. The fourth-order valence-corrected chi connectivity index (χ4v) is 5.51. The number of benzene rings is 3. The molecule has 14 heteroatoms. The van der Waals surface area contributed by atoms with E-state index in [0.717, 1.165) is 43.6 Å². The fraction of sp³-hybridized carbons (Fsp3) is 0.212. The van der Waals surface area contributed by atoms with E-state index in [9.17, 15) is 23.5 Å². The molecule has 3 aromatic carbocycles. The zero-order valence-corrected chi connectivity index (χ0v) is 26.7. The van der Waals surface area contributed by atoms with Crippen molar-refractivity contribution in [2.45, 2.75) is 32.8 Å². The summed E-state index contributed by atoms with van der Waals surface area (Å²) in [7, 11) is 0. The van der Waals surface area contributed by atoms with Gasteiger partial charge >= 0.3 is 5.97 Å². The molecule has 6 rings (SSSR count). The number of hydrogen-bond acceptors (Lipinski definition) is 6. The number of hydrogen-bond donors (Lipinski definition) is 3. The zero-order chi connectivity index (χ0) is 33.5. The van der Waals surface area contributed by atoms with Crippen molar-refractivity contribution < 1.29 is 28.2 Å². The number of piperidine rings is 1. The number of aromatic carboxylic acids is 1. The van der Waals surface area contributed by atoms with Gasteiger partial charge in [-0.05, 0) is 61.7 Å². The van der Waals surface area contributed by atoms with Crippen LogP contribution < -0.4 is 10.2 Å². The van der Waals surface area contributed by atoms with E-state index in [1.165, 1.54) is 30.2 Å². The first-order valence-corrected chi connectivity index (χ1v) is 15.4. The van der Waals surface area contributed by atoms with Crippen molar-refractivity contribution in [2.24, 2.45) is 0 Å². The third-order valence-corrected chi connectivity index (χ3v) is 7.85. The number of carbonyl (C=O) groups excluding carboxylic acids is 1. The standard InChI is InChI=1S/C24H16Cl2F2N2O3.C9H14N4O/c1-13-21(24(31)32)29-30(20-8-7-16(25)11-17(20)26)22(13)15-9-18(27)23(19(28)10-15)33-12-14-5-3-2-4-6-14;14-9(8-4-5-10-11-8)12-13-6-2-1-3-7-13/h2-11H,12H2,1H3,(H,31,32);4-5H,1-3,6-7H2,(H,10,11)(H,12,14). The maximum atomic E-state index is 14.9. The number of amides is 1. The molecule has 5 aromatic rings. The predicted octanol–water partition coefficient (Wildman–Crippen LogP) is 7.25. The van der Waals surface area contributed by atoms with Gasteiger partial charge in [0.2, 0.25) is 0 Å². The Balaban J connectivity index is 0.000000257. The van der Waals surface area contributed by atoms with E-state index < -0.39 is 23.4 Å². The number of ether oxygens (including phenoxy) is 1. The SMILES string of the molecule is Cc1c(C(=O)O)nn(-c2ccc(Cl)cc2Cl)c1-c1cc(F)c(OCc2ccccc2)c(F)c1.O=C(NN1CCCCC1)c1cc[nH]n1. The molecule has 1 amide bonds. The van der Waals surface area contributed by atoms with Crippen molar-refractivity contribution in [1.29, 1.82) is 0 Å². The van der Waals surface area contributed by atoms with Gasteiger partial charge in [-0.15, -0.1) is 0 Å². The van der Waals surface area contributed by atoms with Crippen molar-refractivity contribution in [3.63, 3.8) is 0 Å². The first-order valence-electron chi connectivity index (χ1n) is 14.6. The topological polar surface area (TPSA) is 125 Å². The van der Waals surface area contributed by atoms with Crippen LogP contribution in [0, 0.1) is 18.6 Å². The molecule has 3 heterocycles. The second-order valence-corrected chi connectivity index (χ2v) is 11.5. The van der Waals surface area contributed by atoms with E-state index in [1.807, 2.05) is 11.1 Å². The van der Waals surface area contributed by atoms with E-state index in [4.69, 9.17) is 27.9 Å². The number of carbonyl (C=O) groups is 2. The highest BCUT2D eigenvalue weighted by atomic mass is 35.5. The lowest BCUT2D eigenvalue weighted by atomic mass is 10.1. The zero-order valence-electron chi connectivity index (χ0n) is 25.1. The first-order chi connectivity index (χ1) is 22.6. The van der Waals surface area contributed by atoms with Crippen LogP contribution in [0.3, 0.4) is 0 Å². The summed E-state index contributed by atoms with van der Waals surface area (Å²) in [5, 5.41) is 22.6. The highest BCUT2D eigenvalue weighted by Crippen LogP contribution is 2.35. The predicted molar refractivity (Wildman–Crippen MR) is 173 cm³/mol. The Morgan fingerprint density at radius 2 is 1.70 bits per heavy atom. The van der Waals surface area contributed by atoms with E-state index in [1.54, 1.807) is 42.6 Å². The summed E-state index contributed by atoms with van der Waals surface area (Å²) in [6, 6.07) is 17.3. The Kier molecular flexibility index (Phi) is 10.9. The Morgan fingerprint density at radius 3 is 2.32 bits per heavy atom. The number of H-pyrrole nitrogens is 1. The van der Waals surface area contributed by atoms with Crippen LogP contribution in [-0.2, 0) is 6.61 Å². The molecule has 244 valence electrons. The largest absolute Gasteiger partial charge is 0.483 e. The highest BCUT2D eigenvalue weighted by Gasteiger charge is 2.25. The van der Waals surface area contributed by atoms with Crippen LogP contribution in [-0.4, -0.2) is 55.1 Å². The van der Waals surface area contributed by atoms with E-state index in [0.29, 0.717) is 16.4 Å². The molecule has 0 unspecified atom stereocenters. The van der Waals surface area contributed by atoms with Crippen molar-refractivity contribution in [1.82, 2.24) is 30.4 Å². The normalized spacial score (nSPS) is 13.0. The molecular formula is C33H30Cl2F2N6O4. The minimum Gasteiger partial charge on any atom is -0.483 e. The van der Waals surface area contributed by atoms with Gasteiger partial charge in [0.05, 0.1) is 16.4 Å². The lowest BCUT2D eigenvalue weighted by Gasteiger charge is -2.26. The Morgan fingerprint density at radius 1 is 1.00 bits per heavy atom. The van der Waals surface area contributed by atoms with Crippen LogP contribution in [0.1, 0.15) is 51.4 Å². The number of carboxylic acids is 1. The van der Waals surface area contributed by atoms with Crippen molar-refractivity contribution in [3.05, 3.63) is 117 Å². The number of nitrogens with zero attached hydrogens (tertiary/aromatic N) is 4. The van der Waals surface area contributed by atoms with Crippen LogP contribution in [0.5, 0.6) is 5.75 Å². The van der Waals surface area contributed by atoms with Gasteiger partial charge in [0.1, 0.15) is 6.61 Å². The maximum Gasteiger partial charge on any atom is 0.356 e. The molecule has 2 aromatic heterocycles. The average molecular weight is 684 g/mol. The fourth-order valence-electron chi connectivity index (χ4n) is 5.02. The van der Waals surface area contributed by atoms with E-state index in [2.05, 4.69) is 20.7 Å². The molecule has 0 bridgehead atoms. The minimum absolute atomic E-state index is 0.0193. The summed E-state index contributed by atoms with van der Waals surface area (Å²) in [6.07, 6.45) is 5.21. The van der Waals surface area contributed by atoms with Crippen LogP contribution in [0.4, 0.5) is 8.78 Å². The molecule has 1 aliphatic heterocycles. The summed E-state index contributed by atoms with van der Waals surface area (Å²) < 4.78 is 36.4. The van der Waals surface area contributed by atoms with Gasteiger partial charge in [-0.2, -0.15) is 10.2 Å². The van der Waals surface area contributed by atoms with Gasteiger partial charge < -0.3 is 9.84 Å². The average Bonchev–Trinajstić information content (AvgIpc) is 3.71. The molecule has 47 heavy (non-hydrogen) atoms. The summed E-state index contributed by atoms with van der Waals surface area (Å²) in [6.45, 7) is 3.36. The minimum atomic E-state index is -1.29. The quantitative estimate of drug-likeness (QED) is 0.157. The molecule has 10 nitrogen and oxygen atoms in total. The summed E-state index contributed by atoms with van der Waals surface area (Å²) in [5.41, 5.74) is 4.50. The van der Waals surface area contributed by atoms with Gasteiger partial charge in [0.15, 0.2) is 28.8 Å². The van der Waals surface area contributed by atoms with Gasteiger partial charge in [-0.3, -0.25) is 15.3 Å². The molecule has 0 atom stereocenters. The number of rotatable bonds is 8. The molecule has 1 fully saturated rings. The third kappa shape index (κ3) is 8.15. The number of carboxylic acid groups (broad SMARTS) is 1. The number of halogens is 4. The molecule has 0 saturated carbocycles. The smallest absolute Gasteiger partial charge is 0.356 e. The van der Waals surface area contributed by atoms with E-state index in [-0.39, 0.29) is 40.1 Å². The lowest BCUT2D eigenvalue weighted by molar-refractivity contribution is 0.0688. The van der Waals surface area contributed by atoms with Crippen LogP contribution in [0.25, 0.3) is 16.9 Å². The summed E-state index contributed by atoms with van der Waals surface area (Å²) in [5.74, 6) is -3.83. The van der Waals surface area contributed by atoms with Crippen molar-refractivity contribution in [3.8, 4) is 22.7 Å². The molecule has 0 aliphatic carbocycles. The number of nitrogens with one attached hydrogen (secondary N) is 2. The van der Waals surface area contributed by atoms with Crippen LogP contribution in [0.15, 0.2) is 72.9 Å². The van der Waals surface area contributed by atoms with Crippen LogP contribution in [0.2, 0.25) is 10.0 Å². The summed E-state index contributed by atoms with van der Waals surface area (Å²) in [4.78, 5) is 23.2. The van der Waals surface area contributed by atoms with Gasteiger partial charge in [-0.25, -0.2) is 23.3 Å². The Hall–Kier alpha value is -4.78. The Bertz CT molecular complexity index is 1840. The molecule has 3 N–H and O–H groups in total. The van der Waals surface area contributed by atoms with Gasteiger partial charge in [0, 0.05) is 35.4 Å². The van der Waals surface area contributed by atoms with Crippen molar-refractivity contribution >= 4 is 35.1 Å². The molecule has 1 saturated heterocycles. The number of hydrazine groups is 1.